The van der Waals surface area contributed by atoms with E-state index in [1.54, 1.807) is 7.11 Å². The molecule has 2 aliphatic rings. The summed E-state index contributed by atoms with van der Waals surface area (Å²) in [6.45, 7) is 1.28. The number of thioether (sulfide) groups is 1. The molecule has 0 aromatic heterocycles. The first-order valence-electron chi connectivity index (χ1n) is 10.1. The van der Waals surface area contributed by atoms with Gasteiger partial charge in [0.25, 0.3) is 0 Å². The summed E-state index contributed by atoms with van der Waals surface area (Å²) in [6, 6.07) is 17.8. The average molecular weight is 434 g/mol. The first kappa shape index (κ1) is 21.0. The Kier molecular flexibility index (Phi) is 6.28. The number of rotatable bonds is 5. The lowest BCUT2D eigenvalue weighted by molar-refractivity contribution is -0.129. The Morgan fingerprint density at radius 2 is 1.97 bits per heavy atom. The van der Waals surface area contributed by atoms with Crippen LogP contribution < -0.4 is 10.1 Å². The zero-order valence-corrected chi connectivity index (χ0v) is 18.1. The molecule has 2 amide bonds. The lowest BCUT2D eigenvalue weighted by Gasteiger charge is -2.29. The van der Waals surface area contributed by atoms with Gasteiger partial charge in [0.05, 0.1) is 29.5 Å². The first-order valence-corrected chi connectivity index (χ1v) is 11.1. The molecule has 0 aliphatic carbocycles. The van der Waals surface area contributed by atoms with Crippen molar-refractivity contribution in [3.63, 3.8) is 0 Å². The molecule has 2 heterocycles. The number of nitrogens with zero attached hydrogens (tertiary/aromatic N) is 2. The number of fused-ring (bicyclic) bond motifs is 1. The molecule has 1 unspecified atom stereocenters. The topological polar surface area (TPSA) is 82.4 Å². The number of hydrogen-bond donors (Lipinski definition) is 1. The highest BCUT2D eigenvalue weighted by Crippen LogP contribution is 2.36. The quantitative estimate of drug-likeness (QED) is 0.782. The van der Waals surface area contributed by atoms with E-state index in [1.165, 1.54) is 22.9 Å². The van der Waals surface area contributed by atoms with Crippen molar-refractivity contribution >= 4 is 23.6 Å². The molecule has 6 nitrogen and oxygen atoms in total. The number of hydrogen-bond acceptors (Lipinski definition) is 5. The minimum atomic E-state index is -0.330. The fourth-order valence-electron chi connectivity index (χ4n) is 3.99. The first-order chi connectivity index (χ1) is 15.1. The van der Waals surface area contributed by atoms with Crippen LogP contribution in [0.2, 0.25) is 0 Å². The predicted molar refractivity (Wildman–Crippen MR) is 119 cm³/mol. The van der Waals surface area contributed by atoms with E-state index >= 15 is 0 Å². The SMILES string of the molecule is COc1ccc(C2CC(=O)NC(SCC(=O)N3CCc4ccccc4C3)=C2C#N)cc1. The van der Waals surface area contributed by atoms with E-state index in [4.69, 9.17) is 4.74 Å². The third-order valence-corrected chi connectivity index (χ3v) is 6.70. The number of carbonyl (C=O) groups is 2. The van der Waals surface area contributed by atoms with Crippen molar-refractivity contribution in [1.82, 2.24) is 10.2 Å². The fourth-order valence-corrected chi connectivity index (χ4v) is 4.97. The molecule has 2 aromatic carbocycles. The summed E-state index contributed by atoms with van der Waals surface area (Å²) >= 11 is 1.23. The van der Waals surface area contributed by atoms with E-state index in [0.717, 1.165) is 17.7 Å². The largest absolute Gasteiger partial charge is 0.497 e. The van der Waals surface area contributed by atoms with E-state index in [2.05, 4.69) is 23.5 Å². The van der Waals surface area contributed by atoms with Crippen LogP contribution in [0.25, 0.3) is 0 Å². The Hall–Kier alpha value is -3.24. The van der Waals surface area contributed by atoms with Crippen LogP contribution in [-0.2, 0) is 22.6 Å². The number of allylic oxidation sites excluding steroid dienone is 1. The minimum Gasteiger partial charge on any atom is -0.497 e. The van der Waals surface area contributed by atoms with Crippen LogP contribution in [0.5, 0.6) is 5.75 Å². The lowest BCUT2D eigenvalue weighted by Crippen LogP contribution is -2.37. The molecule has 0 saturated carbocycles. The van der Waals surface area contributed by atoms with Crippen molar-refractivity contribution in [2.45, 2.75) is 25.3 Å². The van der Waals surface area contributed by atoms with Gasteiger partial charge < -0.3 is 15.0 Å². The van der Waals surface area contributed by atoms with Crippen LogP contribution in [0.1, 0.15) is 29.0 Å². The van der Waals surface area contributed by atoms with Gasteiger partial charge in [-0.15, -0.1) is 0 Å². The zero-order chi connectivity index (χ0) is 21.8. The van der Waals surface area contributed by atoms with Crippen molar-refractivity contribution in [2.24, 2.45) is 0 Å². The van der Waals surface area contributed by atoms with E-state index in [1.807, 2.05) is 41.3 Å². The molecule has 158 valence electrons. The molecule has 0 radical (unpaired) electrons. The summed E-state index contributed by atoms with van der Waals surface area (Å²) in [5.74, 6) is 0.420. The highest BCUT2D eigenvalue weighted by Gasteiger charge is 2.30. The summed E-state index contributed by atoms with van der Waals surface area (Å²) in [5, 5.41) is 13.1. The number of ether oxygens (including phenoxy) is 1. The summed E-state index contributed by atoms with van der Waals surface area (Å²) < 4.78 is 5.19. The predicted octanol–water partition coefficient (Wildman–Crippen LogP) is 3.35. The van der Waals surface area contributed by atoms with Crippen molar-refractivity contribution in [3.8, 4) is 11.8 Å². The van der Waals surface area contributed by atoms with Crippen molar-refractivity contribution < 1.29 is 14.3 Å². The zero-order valence-electron chi connectivity index (χ0n) is 17.3. The van der Waals surface area contributed by atoms with Crippen molar-refractivity contribution in [2.75, 3.05) is 19.4 Å². The van der Waals surface area contributed by atoms with Gasteiger partial charge >= 0.3 is 0 Å². The molecule has 2 aromatic rings. The number of amides is 2. The van der Waals surface area contributed by atoms with Gasteiger partial charge in [0.2, 0.25) is 11.8 Å². The standard InChI is InChI=1S/C24H23N3O3S/c1-30-19-8-6-17(7-9-19)20-12-22(28)26-24(21(20)13-25)31-15-23(29)27-11-10-16-4-2-3-5-18(16)14-27/h2-9,20H,10-12,14-15H2,1H3,(H,26,28). The van der Waals surface area contributed by atoms with Crippen LogP contribution in [-0.4, -0.2) is 36.1 Å². The molecular formula is C24H23N3O3S. The Morgan fingerprint density at radius 3 is 2.68 bits per heavy atom. The molecule has 31 heavy (non-hydrogen) atoms. The second-order valence-electron chi connectivity index (χ2n) is 7.56. The van der Waals surface area contributed by atoms with Gasteiger partial charge in [0.15, 0.2) is 0 Å². The number of nitrogens with one attached hydrogen (secondary N) is 1. The van der Waals surface area contributed by atoms with Gasteiger partial charge in [0.1, 0.15) is 5.75 Å². The maximum atomic E-state index is 12.8. The number of benzene rings is 2. The van der Waals surface area contributed by atoms with E-state index < -0.39 is 0 Å². The number of carbonyl (C=O) groups excluding carboxylic acids is 2. The van der Waals surface area contributed by atoms with Gasteiger partial charge in [-0.1, -0.05) is 48.2 Å². The maximum absolute atomic E-state index is 12.8. The van der Waals surface area contributed by atoms with Crippen molar-refractivity contribution in [1.29, 1.82) is 5.26 Å². The Morgan fingerprint density at radius 1 is 1.23 bits per heavy atom. The molecule has 1 N–H and O–H groups in total. The van der Waals surface area contributed by atoms with Gasteiger partial charge in [-0.05, 0) is 35.2 Å². The minimum absolute atomic E-state index is 0.00473. The normalized spacial score (nSPS) is 18.1. The molecule has 2 aliphatic heterocycles. The molecule has 4 rings (SSSR count). The van der Waals surface area contributed by atoms with Gasteiger partial charge in [-0.25, -0.2) is 0 Å². The van der Waals surface area contributed by atoms with Crippen LogP contribution in [0.3, 0.4) is 0 Å². The fraction of sp³-hybridized carbons (Fsp3) is 0.292. The van der Waals surface area contributed by atoms with Crippen LogP contribution >= 0.6 is 11.8 Å². The van der Waals surface area contributed by atoms with Crippen LogP contribution in [0.15, 0.2) is 59.1 Å². The molecule has 0 fully saturated rings. The summed E-state index contributed by atoms with van der Waals surface area (Å²) in [6.07, 6.45) is 1.05. The summed E-state index contributed by atoms with van der Waals surface area (Å²) in [7, 11) is 1.59. The molecule has 1 atom stereocenters. The lowest BCUT2D eigenvalue weighted by atomic mass is 9.87. The third kappa shape index (κ3) is 4.59. The van der Waals surface area contributed by atoms with E-state index in [-0.39, 0.29) is 29.9 Å². The molecule has 0 saturated heterocycles. The second-order valence-corrected chi connectivity index (χ2v) is 8.54. The molecule has 0 bridgehead atoms. The molecular weight excluding hydrogens is 410 g/mol. The second kappa shape index (κ2) is 9.27. The molecule has 0 spiro atoms. The maximum Gasteiger partial charge on any atom is 0.233 e. The van der Waals surface area contributed by atoms with E-state index in [0.29, 0.717) is 23.7 Å². The Labute approximate surface area is 185 Å². The van der Waals surface area contributed by atoms with Gasteiger partial charge in [-0.2, -0.15) is 5.26 Å². The van der Waals surface area contributed by atoms with Crippen LogP contribution in [0, 0.1) is 11.3 Å². The summed E-state index contributed by atoms with van der Waals surface area (Å²) in [4.78, 5) is 27.0. The van der Waals surface area contributed by atoms with Gasteiger partial charge in [0, 0.05) is 25.4 Å². The number of methoxy groups -OCH3 is 1. The summed E-state index contributed by atoms with van der Waals surface area (Å²) in [5.41, 5.74) is 3.83. The average Bonchev–Trinajstić information content (AvgIpc) is 2.81. The smallest absolute Gasteiger partial charge is 0.233 e. The molecule has 7 heteroatoms. The highest BCUT2D eigenvalue weighted by molar-refractivity contribution is 8.03. The van der Waals surface area contributed by atoms with Crippen LogP contribution in [0.4, 0.5) is 0 Å². The van der Waals surface area contributed by atoms with E-state index in [9.17, 15) is 14.9 Å². The third-order valence-electron chi connectivity index (χ3n) is 5.70. The Balaban J connectivity index is 1.48. The Bertz CT molecular complexity index is 1070. The highest BCUT2D eigenvalue weighted by atomic mass is 32.2. The number of nitriles is 1. The van der Waals surface area contributed by atoms with Crippen molar-refractivity contribution in [3.05, 3.63) is 75.8 Å². The monoisotopic (exact) mass is 433 g/mol. The van der Waals surface area contributed by atoms with Gasteiger partial charge in [-0.3, -0.25) is 9.59 Å².